The topological polar surface area (TPSA) is 12.0 Å². The fourth-order valence-corrected chi connectivity index (χ4v) is 3.01. The van der Waals surface area contributed by atoms with Crippen LogP contribution >= 0.6 is 0 Å². The molecule has 0 saturated heterocycles. The van der Waals surface area contributed by atoms with Gasteiger partial charge in [0.2, 0.25) is 0 Å². The number of rotatable bonds is 4. The first-order valence-electron chi connectivity index (χ1n) is 7.30. The first-order chi connectivity index (χ1) is 9.08. The molecule has 1 N–H and O–H groups in total. The average Bonchev–Trinajstić information content (AvgIpc) is 2.38. The summed E-state index contributed by atoms with van der Waals surface area (Å²) in [6, 6.07) is 4.22. The summed E-state index contributed by atoms with van der Waals surface area (Å²) >= 11 is 0. The van der Waals surface area contributed by atoms with E-state index in [1.807, 2.05) is 6.92 Å². The van der Waals surface area contributed by atoms with Crippen LogP contribution in [0.2, 0.25) is 0 Å². The zero-order chi connectivity index (χ0) is 13.8. The first kappa shape index (κ1) is 14.4. The first-order valence-corrected chi connectivity index (χ1v) is 7.30. The van der Waals surface area contributed by atoms with E-state index in [1.165, 1.54) is 44.2 Å². The third-order valence-corrected chi connectivity index (χ3v) is 4.29. The predicted molar refractivity (Wildman–Crippen MR) is 73.9 cm³/mol. The highest BCUT2D eigenvalue weighted by molar-refractivity contribution is 5.21. The van der Waals surface area contributed by atoms with Gasteiger partial charge < -0.3 is 5.32 Å². The zero-order valence-electron chi connectivity index (χ0n) is 11.8. The minimum atomic E-state index is -0.502. The number of halogens is 2. The summed E-state index contributed by atoms with van der Waals surface area (Å²) in [7, 11) is 0. The Labute approximate surface area is 114 Å². The maximum atomic E-state index is 13.2. The number of nitrogens with one attached hydrogen (secondary N) is 1. The lowest BCUT2D eigenvalue weighted by Crippen LogP contribution is -2.35. The standard InChI is InChI=1S/C16H23F2N/c1-3-12-4-6-16(7-5-12)19-11(2)13-8-14(17)10-15(18)9-13/h8-12,16,19H,3-7H2,1-2H3. The monoisotopic (exact) mass is 267 g/mol. The largest absolute Gasteiger partial charge is 0.307 e. The lowest BCUT2D eigenvalue weighted by molar-refractivity contribution is 0.273. The van der Waals surface area contributed by atoms with Crippen LogP contribution in [0.25, 0.3) is 0 Å². The van der Waals surface area contributed by atoms with Gasteiger partial charge in [0, 0.05) is 18.2 Å². The van der Waals surface area contributed by atoms with Gasteiger partial charge in [-0.05, 0) is 56.2 Å². The van der Waals surface area contributed by atoms with Gasteiger partial charge in [0.25, 0.3) is 0 Å². The van der Waals surface area contributed by atoms with E-state index in [0.29, 0.717) is 11.6 Å². The number of benzene rings is 1. The second-order valence-electron chi connectivity index (χ2n) is 5.72. The predicted octanol–water partition coefficient (Wildman–Crippen LogP) is 4.58. The molecular weight excluding hydrogens is 244 g/mol. The quantitative estimate of drug-likeness (QED) is 0.841. The van der Waals surface area contributed by atoms with Crippen LogP contribution in [-0.2, 0) is 0 Å². The number of hydrogen-bond donors (Lipinski definition) is 1. The molecule has 106 valence electrons. The lowest BCUT2D eigenvalue weighted by Gasteiger charge is -2.31. The van der Waals surface area contributed by atoms with E-state index < -0.39 is 11.6 Å². The molecule has 0 aromatic heterocycles. The van der Waals surface area contributed by atoms with Gasteiger partial charge in [0.1, 0.15) is 11.6 Å². The van der Waals surface area contributed by atoms with E-state index >= 15 is 0 Å². The molecule has 0 amide bonds. The molecule has 1 aromatic carbocycles. The Hall–Kier alpha value is -0.960. The summed E-state index contributed by atoms with van der Waals surface area (Å²) in [6.07, 6.45) is 6.12. The van der Waals surface area contributed by atoms with E-state index in [1.54, 1.807) is 0 Å². The maximum Gasteiger partial charge on any atom is 0.126 e. The van der Waals surface area contributed by atoms with E-state index in [4.69, 9.17) is 0 Å². The molecule has 0 bridgehead atoms. The van der Waals surface area contributed by atoms with Gasteiger partial charge in [-0.2, -0.15) is 0 Å². The molecule has 1 saturated carbocycles. The Morgan fingerprint density at radius 2 is 1.68 bits per heavy atom. The SMILES string of the molecule is CCC1CCC(NC(C)c2cc(F)cc(F)c2)CC1. The summed E-state index contributed by atoms with van der Waals surface area (Å²) in [5.41, 5.74) is 0.690. The third-order valence-electron chi connectivity index (χ3n) is 4.29. The molecule has 2 rings (SSSR count). The summed E-state index contributed by atoms with van der Waals surface area (Å²) < 4.78 is 26.4. The van der Waals surface area contributed by atoms with Crippen LogP contribution < -0.4 is 5.32 Å². The summed E-state index contributed by atoms with van der Waals surface area (Å²) in [6.45, 7) is 4.22. The average molecular weight is 267 g/mol. The van der Waals surface area contributed by atoms with Crippen molar-refractivity contribution in [3.63, 3.8) is 0 Å². The van der Waals surface area contributed by atoms with E-state index in [9.17, 15) is 8.78 Å². The Morgan fingerprint density at radius 1 is 1.11 bits per heavy atom. The van der Waals surface area contributed by atoms with Gasteiger partial charge in [0.15, 0.2) is 0 Å². The van der Waals surface area contributed by atoms with Gasteiger partial charge in [-0.15, -0.1) is 0 Å². The molecule has 3 heteroatoms. The highest BCUT2D eigenvalue weighted by Gasteiger charge is 2.21. The molecule has 1 unspecified atom stereocenters. The van der Waals surface area contributed by atoms with E-state index in [2.05, 4.69) is 12.2 Å². The highest BCUT2D eigenvalue weighted by atomic mass is 19.1. The molecule has 0 heterocycles. The summed E-state index contributed by atoms with van der Waals surface area (Å²) in [5.74, 6) is -0.142. The Morgan fingerprint density at radius 3 is 2.21 bits per heavy atom. The van der Waals surface area contributed by atoms with Crippen molar-refractivity contribution in [1.82, 2.24) is 5.32 Å². The second-order valence-corrected chi connectivity index (χ2v) is 5.72. The fraction of sp³-hybridized carbons (Fsp3) is 0.625. The molecule has 1 atom stereocenters. The molecule has 19 heavy (non-hydrogen) atoms. The Bertz CT molecular complexity index is 391. The number of hydrogen-bond acceptors (Lipinski definition) is 1. The van der Waals surface area contributed by atoms with Crippen LogP contribution in [0.5, 0.6) is 0 Å². The Balaban J connectivity index is 1.92. The molecule has 0 aliphatic heterocycles. The third kappa shape index (κ3) is 4.00. The van der Waals surface area contributed by atoms with Crippen molar-refractivity contribution in [3.05, 3.63) is 35.4 Å². The molecule has 1 nitrogen and oxygen atoms in total. The maximum absolute atomic E-state index is 13.2. The molecule has 1 aliphatic rings. The lowest BCUT2D eigenvalue weighted by atomic mass is 9.84. The van der Waals surface area contributed by atoms with Crippen molar-refractivity contribution in [2.75, 3.05) is 0 Å². The second kappa shape index (κ2) is 6.47. The van der Waals surface area contributed by atoms with Crippen LogP contribution in [0, 0.1) is 17.6 Å². The molecular formula is C16H23F2N. The van der Waals surface area contributed by atoms with Crippen molar-refractivity contribution >= 4 is 0 Å². The van der Waals surface area contributed by atoms with Crippen LogP contribution in [0.4, 0.5) is 8.78 Å². The summed E-state index contributed by atoms with van der Waals surface area (Å²) in [5, 5.41) is 3.50. The van der Waals surface area contributed by atoms with Gasteiger partial charge in [-0.3, -0.25) is 0 Å². The van der Waals surface area contributed by atoms with Crippen molar-refractivity contribution in [1.29, 1.82) is 0 Å². The van der Waals surface area contributed by atoms with Crippen molar-refractivity contribution in [2.24, 2.45) is 5.92 Å². The fourth-order valence-electron chi connectivity index (χ4n) is 3.01. The molecule has 0 radical (unpaired) electrons. The van der Waals surface area contributed by atoms with E-state index in [-0.39, 0.29) is 6.04 Å². The van der Waals surface area contributed by atoms with Crippen molar-refractivity contribution in [2.45, 2.75) is 58.0 Å². The molecule has 0 spiro atoms. The zero-order valence-corrected chi connectivity index (χ0v) is 11.8. The van der Waals surface area contributed by atoms with Gasteiger partial charge >= 0.3 is 0 Å². The summed E-state index contributed by atoms with van der Waals surface area (Å²) in [4.78, 5) is 0. The van der Waals surface area contributed by atoms with Crippen molar-refractivity contribution < 1.29 is 8.78 Å². The van der Waals surface area contributed by atoms with Gasteiger partial charge in [-0.1, -0.05) is 13.3 Å². The molecule has 1 fully saturated rings. The molecule has 1 aromatic rings. The van der Waals surface area contributed by atoms with Gasteiger partial charge in [0.05, 0.1) is 0 Å². The van der Waals surface area contributed by atoms with Crippen LogP contribution in [0.3, 0.4) is 0 Å². The van der Waals surface area contributed by atoms with Gasteiger partial charge in [-0.25, -0.2) is 8.78 Å². The van der Waals surface area contributed by atoms with Crippen molar-refractivity contribution in [3.8, 4) is 0 Å². The van der Waals surface area contributed by atoms with E-state index in [0.717, 1.165) is 12.0 Å². The normalized spacial score (nSPS) is 25.3. The van der Waals surface area contributed by atoms with Crippen LogP contribution in [0.15, 0.2) is 18.2 Å². The highest BCUT2D eigenvalue weighted by Crippen LogP contribution is 2.28. The minimum Gasteiger partial charge on any atom is -0.307 e. The van der Waals surface area contributed by atoms with Crippen LogP contribution in [-0.4, -0.2) is 6.04 Å². The smallest absolute Gasteiger partial charge is 0.126 e. The molecule has 1 aliphatic carbocycles. The minimum absolute atomic E-state index is 0.00613. The Kier molecular flexibility index (Phi) is 4.92. The van der Waals surface area contributed by atoms with Crippen LogP contribution in [0.1, 0.15) is 57.6 Å².